The molecular formula is C30H38N4O3S. The number of rotatable bonds is 8. The van der Waals surface area contributed by atoms with Crippen molar-refractivity contribution in [1.29, 1.82) is 0 Å². The fourth-order valence-corrected chi connectivity index (χ4v) is 6.61. The van der Waals surface area contributed by atoms with Crippen molar-refractivity contribution in [2.45, 2.75) is 44.2 Å². The number of nitrogens with zero attached hydrogens (tertiary/aromatic N) is 3. The number of anilines is 1. The molecule has 2 aromatic heterocycles. The van der Waals surface area contributed by atoms with Crippen LogP contribution in [0.25, 0.3) is 0 Å². The van der Waals surface area contributed by atoms with Gasteiger partial charge in [-0.15, -0.1) is 0 Å². The second-order valence-electron chi connectivity index (χ2n) is 10.3. The van der Waals surface area contributed by atoms with Crippen LogP contribution >= 0.6 is 11.3 Å². The Hall–Kier alpha value is -3.10. The highest BCUT2D eigenvalue weighted by Gasteiger charge is 2.39. The second-order valence-corrected chi connectivity index (χ2v) is 11.1. The molecule has 1 N–H and O–H groups in total. The molecule has 8 heteroatoms. The van der Waals surface area contributed by atoms with E-state index < -0.39 is 0 Å². The number of aromatic nitrogens is 1. The van der Waals surface area contributed by atoms with Crippen LogP contribution in [0, 0.1) is 5.92 Å². The number of benzene rings is 1. The summed E-state index contributed by atoms with van der Waals surface area (Å²) in [6.45, 7) is 5.27. The third kappa shape index (κ3) is 5.97. The van der Waals surface area contributed by atoms with Crippen molar-refractivity contribution < 1.29 is 14.3 Å². The molecule has 38 heavy (non-hydrogen) atoms. The molecule has 1 aromatic carbocycles. The molecule has 5 rings (SSSR count). The van der Waals surface area contributed by atoms with Gasteiger partial charge in [-0.05, 0) is 84.3 Å². The van der Waals surface area contributed by atoms with Crippen LogP contribution in [-0.4, -0.2) is 62.2 Å². The summed E-state index contributed by atoms with van der Waals surface area (Å²) in [4.78, 5) is 22.7. The van der Waals surface area contributed by atoms with Crippen molar-refractivity contribution in [1.82, 2.24) is 15.2 Å². The van der Waals surface area contributed by atoms with Gasteiger partial charge in [-0.1, -0.05) is 12.1 Å². The Labute approximate surface area is 229 Å². The lowest BCUT2D eigenvalue weighted by atomic mass is 9.73. The van der Waals surface area contributed by atoms with Gasteiger partial charge in [0.1, 0.15) is 17.3 Å². The molecule has 1 saturated heterocycles. The van der Waals surface area contributed by atoms with Gasteiger partial charge in [0, 0.05) is 44.2 Å². The number of amides is 1. The average molecular weight is 535 g/mol. The van der Waals surface area contributed by atoms with Gasteiger partial charge in [0.05, 0.1) is 20.4 Å². The molecule has 0 radical (unpaired) electrons. The molecule has 0 bridgehead atoms. The first-order valence-corrected chi connectivity index (χ1v) is 14.5. The average Bonchev–Trinajstić information content (AvgIpc) is 3.52. The first-order valence-electron chi connectivity index (χ1n) is 13.5. The summed E-state index contributed by atoms with van der Waals surface area (Å²) in [5.74, 6) is 3.15. The van der Waals surface area contributed by atoms with Gasteiger partial charge in [-0.25, -0.2) is 4.98 Å². The van der Waals surface area contributed by atoms with E-state index in [9.17, 15) is 4.79 Å². The van der Waals surface area contributed by atoms with E-state index in [-0.39, 0.29) is 17.9 Å². The third-order valence-corrected chi connectivity index (χ3v) is 8.81. The van der Waals surface area contributed by atoms with Crippen molar-refractivity contribution in [3.63, 3.8) is 0 Å². The molecule has 1 aliphatic carbocycles. The first-order chi connectivity index (χ1) is 18.6. The molecule has 2 fully saturated rings. The van der Waals surface area contributed by atoms with Gasteiger partial charge >= 0.3 is 0 Å². The fraction of sp³-hybridized carbons (Fsp3) is 0.467. The third-order valence-electron chi connectivity index (χ3n) is 8.11. The van der Waals surface area contributed by atoms with Crippen molar-refractivity contribution in [3.8, 4) is 11.5 Å². The van der Waals surface area contributed by atoms with Crippen LogP contribution in [0.4, 0.5) is 5.82 Å². The summed E-state index contributed by atoms with van der Waals surface area (Å²) in [5, 5.41) is 8.21. The molecule has 0 spiro atoms. The highest BCUT2D eigenvalue weighted by Crippen LogP contribution is 2.40. The Morgan fingerprint density at radius 1 is 1.00 bits per heavy atom. The maximum Gasteiger partial charge on any atom is 0.226 e. The standard InChI is InChI=1S/C30H38N4O3S/c1-21(22-4-7-25(36-2)8-5-22)32-24-6-10-27(28(18-24)23-12-17-38-20-23)30(35)34-15-13-33(14-16-34)29-11-9-26(37-3)19-31-29/h4-5,7-9,11-12,17,19-21,24,27-28,32H,6,10,13-16,18H2,1-3H3/t21-,24-,27+,28-/m1/s1. The van der Waals surface area contributed by atoms with Crippen LogP contribution in [0.3, 0.4) is 0 Å². The number of thiophene rings is 1. The van der Waals surface area contributed by atoms with Crippen LogP contribution in [-0.2, 0) is 4.79 Å². The summed E-state index contributed by atoms with van der Waals surface area (Å²) < 4.78 is 10.5. The molecule has 3 aromatic rings. The van der Waals surface area contributed by atoms with Gasteiger partial charge < -0.3 is 24.6 Å². The number of carbonyl (C=O) groups is 1. The van der Waals surface area contributed by atoms with E-state index >= 15 is 0 Å². The highest BCUT2D eigenvalue weighted by molar-refractivity contribution is 7.08. The van der Waals surface area contributed by atoms with Gasteiger partial charge in [0.2, 0.25) is 5.91 Å². The van der Waals surface area contributed by atoms with Crippen LogP contribution in [0.15, 0.2) is 59.4 Å². The smallest absolute Gasteiger partial charge is 0.226 e. The largest absolute Gasteiger partial charge is 0.497 e. The van der Waals surface area contributed by atoms with Gasteiger partial charge in [0.15, 0.2) is 0 Å². The highest BCUT2D eigenvalue weighted by atomic mass is 32.1. The number of nitrogens with one attached hydrogen (secondary N) is 1. The van der Waals surface area contributed by atoms with Gasteiger partial charge in [-0.2, -0.15) is 11.3 Å². The second kappa shape index (κ2) is 12.2. The molecular weight excluding hydrogens is 496 g/mol. The molecule has 3 heterocycles. The number of ether oxygens (including phenoxy) is 2. The van der Waals surface area contributed by atoms with Crippen molar-refractivity contribution in [2.24, 2.45) is 5.92 Å². The minimum Gasteiger partial charge on any atom is -0.497 e. The fourth-order valence-electron chi connectivity index (χ4n) is 5.88. The molecule has 0 unspecified atom stereocenters. The summed E-state index contributed by atoms with van der Waals surface area (Å²) in [5.41, 5.74) is 2.55. The van der Waals surface area contributed by atoms with E-state index in [0.717, 1.165) is 62.8 Å². The molecule has 1 aliphatic heterocycles. The molecule has 7 nitrogen and oxygen atoms in total. The van der Waals surface area contributed by atoms with Crippen LogP contribution in [0.1, 0.15) is 49.3 Å². The predicted molar refractivity (Wildman–Crippen MR) is 152 cm³/mol. The molecule has 1 saturated carbocycles. The molecule has 202 valence electrons. The zero-order chi connectivity index (χ0) is 26.5. The maximum absolute atomic E-state index is 13.8. The van der Waals surface area contributed by atoms with E-state index in [1.807, 2.05) is 24.3 Å². The lowest BCUT2D eigenvalue weighted by Crippen LogP contribution is -2.52. The number of hydrogen-bond donors (Lipinski definition) is 1. The normalized spacial score (nSPS) is 22.7. The van der Waals surface area contributed by atoms with E-state index in [1.54, 1.807) is 31.8 Å². The van der Waals surface area contributed by atoms with E-state index in [2.05, 4.69) is 56.0 Å². The minimum absolute atomic E-state index is 0.0320. The Morgan fingerprint density at radius 2 is 1.74 bits per heavy atom. The first kappa shape index (κ1) is 26.5. The number of carbonyl (C=O) groups excluding carboxylic acids is 1. The minimum atomic E-state index is 0.0320. The van der Waals surface area contributed by atoms with E-state index in [0.29, 0.717) is 11.9 Å². The Bertz CT molecular complexity index is 1160. The predicted octanol–water partition coefficient (Wildman–Crippen LogP) is 5.11. The summed E-state index contributed by atoms with van der Waals surface area (Å²) >= 11 is 1.72. The zero-order valence-corrected chi connectivity index (χ0v) is 23.3. The number of pyridine rings is 1. The zero-order valence-electron chi connectivity index (χ0n) is 22.5. The van der Waals surface area contributed by atoms with Crippen LogP contribution in [0.2, 0.25) is 0 Å². The summed E-state index contributed by atoms with van der Waals surface area (Å²) in [6, 6.07) is 15.0. The molecule has 4 atom stereocenters. The number of hydrogen-bond acceptors (Lipinski definition) is 7. The Kier molecular flexibility index (Phi) is 8.49. The summed E-state index contributed by atoms with van der Waals surface area (Å²) in [7, 11) is 3.34. The van der Waals surface area contributed by atoms with Gasteiger partial charge in [0.25, 0.3) is 0 Å². The van der Waals surface area contributed by atoms with Crippen LogP contribution < -0.4 is 19.7 Å². The lowest BCUT2D eigenvalue weighted by Gasteiger charge is -2.41. The number of piperazine rings is 1. The Morgan fingerprint density at radius 3 is 2.37 bits per heavy atom. The Balaban J connectivity index is 1.21. The maximum atomic E-state index is 13.8. The van der Waals surface area contributed by atoms with Crippen molar-refractivity contribution in [3.05, 3.63) is 70.5 Å². The number of methoxy groups -OCH3 is 2. The van der Waals surface area contributed by atoms with Crippen molar-refractivity contribution >= 4 is 23.1 Å². The quantitative estimate of drug-likeness (QED) is 0.433. The van der Waals surface area contributed by atoms with Crippen molar-refractivity contribution in [2.75, 3.05) is 45.3 Å². The monoisotopic (exact) mass is 534 g/mol. The topological polar surface area (TPSA) is 66.9 Å². The van der Waals surface area contributed by atoms with E-state index in [1.165, 1.54) is 11.1 Å². The van der Waals surface area contributed by atoms with Gasteiger partial charge in [-0.3, -0.25) is 4.79 Å². The molecule has 2 aliphatic rings. The molecule has 1 amide bonds. The summed E-state index contributed by atoms with van der Waals surface area (Å²) in [6.07, 6.45) is 4.64. The van der Waals surface area contributed by atoms with E-state index in [4.69, 9.17) is 9.47 Å². The SMILES string of the molecule is COc1ccc([C@@H](C)N[C@@H]2CC[C@H](C(=O)N3CCN(c4ccc(OC)cn4)CC3)[C@@H](c3ccsc3)C2)cc1. The van der Waals surface area contributed by atoms with Crippen LogP contribution in [0.5, 0.6) is 11.5 Å². The lowest BCUT2D eigenvalue weighted by molar-refractivity contribution is -0.137.